The molecule has 0 radical (unpaired) electrons. The Hall–Kier alpha value is -2.31. The Morgan fingerprint density at radius 3 is 2.22 bits per heavy atom. The molecule has 3 aliphatic heterocycles. The normalized spacial score (nSPS) is 44.9. The number of carboxylic acids is 1. The minimum atomic E-state index is -1.53. The quantitative estimate of drug-likeness (QED) is 0.222. The lowest BCUT2D eigenvalue weighted by Gasteiger charge is -2.50. The Kier molecular flexibility index (Phi) is 15.7. The van der Waals surface area contributed by atoms with Gasteiger partial charge in [-0.3, -0.25) is 14.4 Å². The van der Waals surface area contributed by atoms with Gasteiger partial charge in [0.25, 0.3) is 0 Å². The molecule has 15 nitrogen and oxygen atoms in total. The number of aliphatic hydroxyl groups excluding tert-OH is 3. The average Bonchev–Trinajstić information content (AvgIpc) is 3.02. The molecule has 0 aromatic carbocycles. The maximum atomic E-state index is 13.1. The van der Waals surface area contributed by atoms with Crippen molar-refractivity contribution in [3.63, 3.8) is 0 Å². The van der Waals surface area contributed by atoms with Crippen molar-refractivity contribution in [1.82, 2.24) is 4.90 Å². The van der Waals surface area contributed by atoms with Crippen molar-refractivity contribution in [1.29, 1.82) is 0 Å². The van der Waals surface area contributed by atoms with Gasteiger partial charge in [-0.15, -0.1) is 0 Å². The number of cyclic esters (lactones) is 1. The van der Waals surface area contributed by atoms with E-state index >= 15 is 0 Å². The van der Waals surface area contributed by atoms with Gasteiger partial charge in [0.2, 0.25) is 0 Å². The summed E-state index contributed by atoms with van der Waals surface area (Å²) >= 11 is 0. The Morgan fingerprint density at radius 1 is 0.961 bits per heavy atom. The first-order chi connectivity index (χ1) is 23.8. The van der Waals surface area contributed by atoms with Crippen LogP contribution in [0.3, 0.4) is 0 Å². The smallest absolute Gasteiger partial charge is 0.308 e. The van der Waals surface area contributed by atoms with Crippen LogP contribution in [0.25, 0.3) is 0 Å². The van der Waals surface area contributed by atoms with Crippen LogP contribution in [0.15, 0.2) is 24.3 Å². The number of carboxylic acid groups (broad SMARTS) is 1. The number of likely N-dealkylation sites (N-methyl/N-ethyl adjacent to an activating group) is 1. The lowest BCUT2D eigenvalue weighted by Crippen LogP contribution is -2.65. The molecule has 15 heteroatoms. The van der Waals surface area contributed by atoms with E-state index in [-0.39, 0.29) is 24.5 Å². The van der Waals surface area contributed by atoms with Gasteiger partial charge in [0.05, 0.1) is 48.9 Å². The summed E-state index contributed by atoms with van der Waals surface area (Å²) < 4.78 is 36.0. The number of hydrogen-bond acceptors (Lipinski definition) is 14. The van der Waals surface area contributed by atoms with Crippen molar-refractivity contribution in [3.05, 3.63) is 24.3 Å². The second-order valence-corrected chi connectivity index (χ2v) is 14.8. The van der Waals surface area contributed by atoms with E-state index in [1.807, 2.05) is 6.92 Å². The Labute approximate surface area is 300 Å². The van der Waals surface area contributed by atoms with Crippen LogP contribution in [0.5, 0.6) is 0 Å². The van der Waals surface area contributed by atoms with Gasteiger partial charge >= 0.3 is 11.9 Å². The van der Waals surface area contributed by atoms with Gasteiger partial charge in [0.15, 0.2) is 18.4 Å². The molecular weight excluding hydrogens is 670 g/mol. The van der Waals surface area contributed by atoms with Crippen LogP contribution in [0.1, 0.15) is 67.2 Å². The maximum absolute atomic E-state index is 13.1. The highest BCUT2D eigenvalue weighted by molar-refractivity contribution is 5.91. The average molecular weight is 730 g/mol. The summed E-state index contributed by atoms with van der Waals surface area (Å²) in [6.45, 7) is 10.0. The second kappa shape index (κ2) is 18.6. The van der Waals surface area contributed by atoms with E-state index in [0.717, 1.165) is 0 Å². The van der Waals surface area contributed by atoms with Crippen molar-refractivity contribution in [2.75, 3.05) is 21.2 Å². The summed E-state index contributed by atoms with van der Waals surface area (Å²) in [4.78, 5) is 40.1. The van der Waals surface area contributed by atoms with Crippen LogP contribution in [0.4, 0.5) is 0 Å². The van der Waals surface area contributed by atoms with Crippen LogP contribution in [0, 0.1) is 17.8 Å². The topological polar surface area (TPSA) is 211 Å². The minimum Gasteiger partial charge on any atom is -0.481 e. The van der Waals surface area contributed by atoms with E-state index in [4.69, 9.17) is 28.4 Å². The number of ether oxygens (including phenoxy) is 6. The molecule has 0 aromatic heterocycles. The van der Waals surface area contributed by atoms with Crippen molar-refractivity contribution >= 4 is 17.7 Å². The van der Waals surface area contributed by atoms with Crippen molar-refractivity contribution in [2.45, 2.75) is 146 Å². The highest BCUT2D eigenvalue weighted by Gasteiger charge is 2.52. The first-order valence-electron chi connectivity index (χ1n) is 17.6. The molecule has 3 rings (SSSR count). The van der Waals surface area contributed by atoms with Gasteiger partial charge < -0.3 is 58.9 Å². The summed E-state index contributed by atoms with van der Waals surface area (Å²) in [5, 5.41) is 54.3. The molecule has 0 amide bonds. The Morgan fingerprint density at radius 2 is 1.63 bits per heavy atom. The molecule has 0 aromatic rings. The van der Waals surface area contributed by atoms with Crippen LogP contribution in [-0.4, -0.2) is 149 Å². The Bertz CT molecular complexity index is 1220. The van der Waals surface area contributed by atoms with E-state index in [0.29, 0.717) is 0 Å². The number of nitrogens with zero attached hydrogens (tertiary/aromatic N) is 1. The van der Waals surface area contributed by atoms with Crippen molar-refractivity contribution < 1.29 is 68.3 Å². The fourth-order valence-corrected chi connectivity index (χ4v) is 7.10. The van der Waals surface area contributed by atoms with Gasteiger partial charge in [-0.25, -0.2) is 0 Å². The molecule has 51 heavy (non-hydrogen) atoms. The van der Waals surface area contributed by atoms with Crippen molar-refractivity contribution in [2.24, 2.45) is 17.8 Å². The van der Waals surface area contributed by atoms with Crippen molar-refractivity contribution in [3.8, 4) is 0 Å². The SMILES string of the molecule is CO[C@@H]1[C@@H](O[C@@H]2OC(C)C(O[C@H]3CC(C)(O)[C@@H](O)C(C)O3)C(N(C)C)C2O)[C@@H](CC(=O)O)C[C@@H](C)C(=O)/C=C/C=C/[C@H](C)[C@@H](C)OC(=O)C[C@H]1O. The zero-order valence-corrected chi connectivity index (χ0v) is 31.2. The second-order valence-electron chi connectivity index (χ2n) is 14.8. The zero-order valence-electron chi connectivity index (χ0n) is 31.2. The number of carbonyl (C=O) groups excluding carboxylic acids is 2. The van der Waals surface area contributed by atoms with E-state index in [1.54, 1.807) is 64.9 Å². The number of hydrogen-bond donors (Lipinski definition) is 5. The molecule has 3 heterocycles. The molecule has 3 aliphatic rings. The van der Waals surface area contributed by atoms with Gasteiger partial charge in [0.1, 0.15) is 30.5 Å². The first-order valence-corrected chi connectivity index (χ1v) is 17.6. The molecule has 6 unspecified atom stereocenters. The number of ketones is 1. The van der Waals surface area contributed by atoms with Gasteiger partial charge in [-0.2, -0.15) is 0 Å². The fourth-order valence-electron chi connectivity index (χ4n) is 7.10. The molecule has 292 valence electrons. The number of rotatable bonds is 8. The standard InChI is InChI=1S/C36H59NO14/c1-18-12-10-11-13-24(38)19(2)14-23(15-26(40)41)32(33(46-9)25(39)16-27(42)47-20(18)3)51-35-30(43)29(37(7)8)31(21(4)49-35)50-28-17-36(6,45)34(44)22(5)48-28/h10-13,18-23,25,28-35,39,43-45H,14-17H2,1-9H3,(H,40,41)/b12-10+,13-11+/t18-,19+,20+,21?,22?,23+,25+,28-,29?,30?,31?,32-,33-,34-,35-,36?/m0/s1. The summed E-state index contributed by atoms with van der Waals surface area (Å²) in [6.07, 6.45) is -6.60. The molecule has 0 spiro atoms. The lowest BCUT2D eigenvalue weighted by atomic mass is 9.82. The zero-order chi connectivity index (χ0) is 38.4. The maximum Gasteiger partial charge on any atom is 0.308 e. The largest absolute Gasteiger partial charge is 0.481 e. The highest BCUT2D eigenvalue weighted by atomic mass is 16.7. The molecule has 16 atom stereocenters. The fraction of sp³-hybridized carbons (Fsp3) is 0.806. The van der Waals surface area contributed by atoms with Crippen LogP contribution in [0.2, 0.25) is 0 Å². The summed E-state index contributed by atoms with van der Waals surface area (Å²) in [6, 6.07) is -0.790. The number of allylic oxidation sites excluding steroid dienone is 3. The lowest BCUT2D eigenvalue weighted by molar-refractivity contribution is -0.344. The summed E-state index contributed by atoms with van der Waals surface area (Å²) in [7, 11) is 4.71. The van der Waals surface area contributed by atoms with E-state index in [1.165, 1.54) is 20.1 Å². The molecule has 0 aliphatic carbocycles. The van der Waals surface area contributed by atoms with E-state index < -0.39 is 116 Å². The number of methoxy groups -OCH3 is 1. The molecular formula is C36H59NO14. The van der Waals surface area contributed by atoms with Gasteiger partial charge in [-0.05, 0) is 60.2 Å². The van der Waals surface area contributed by atoms with E-state index in [2.05, 4.69) is 0 Å². The third-order valence-electron chi connectivity index (χ3n) is 10.2. The number of aliphatic carboxylic acids is 1. The number of aliphatic hydroxyl groups is 4. The summed E-state index contributed by atoms with van der Waals surface area (Å²) in [5.41, 5.74) is -1.49. The minimum absolute atomic E-state index is 0.00147. The Balaban J connectivity index is 1.99. The monoisotopic (exact) mass is 729 g/mol. The van der Waals surface area contributed by atoms with Crippen LogP contribution < -0.4 is 0 Å². The first kappa shape index (κ1) is 43.1. The van der Waals surface area contributed by atoms with Gasteiger partial charge in [-0.1, -0.05) is 32.1 Å². The molecule has 2 saturated heterocycles. The number of esters is 1. The highest BCUT2D eigenvalue weighted by Crippen LogP contribution is 2.36. The van der Waals surface area contributed by atoms with Gasteiger partial charge in [0, 0.05) is 25.4 Å². The van der Waals surface area contributed by atoms with E-state index in [9.17, 15) is 39.9 Å². The molecule has 0 saturated carbocycles. The number of carbonyl (C=O) groups is 3. The predicted octanol–water partition coefficient (Wildman–Crippen LogP) is 1.19. The molecule has 0 bridgehead atoms. The van der Waals surface area contributed by atoms with Crippen LogP contribution >= 0.6 is 0 Å². The predicted molar refractivity (Wildman–Crippen MR) is 182 cm³/mol. The third kappa shape index (κ3) is 11.3. The van der Waals surface area contributed by atoms with Crippen LogP contribution in [-0.2, 0) is 42.8 Å². The molecule has 5 N–H and O–H groups in total. The summed E-state index contributed by atoms with van der Waals surface area (Å²) in [5.74, 6) is -4.01. The molecule has 2 fully saturated rings. The third-order valence-corrected chi connectivity index (χ3v) is 10.2.